The van der Waals surface area contributed by atoms with Crippen LogP contribution in [-0.2, 0) is 4.79 Å². The number of anilines is 2. The van der Waals surface area contributed by atoms with Crippen molar-refractivity contribution >= 4 is 51.5 Å². The predicted molar refractivity (Wildman–Crippen MR) is 150 cm³/mol. The second-order valence-electron chi connectivity index (χ2n) is 8.38. The van der Waals surface area contributed by atoms with Gasteiger partial charge in [0.1, 0.15) is 5.58 Å². The Morgan fingerprint density at radius 1 is 0.676 bits per heavy atom. The molecular weight excluding hydrogens is 482 g/mol. The van der Waals surface area contributed by atoms with Crippen LogP contribution in [0.5, 0.6) is 0 Å². The Morgan fingerprint density at radius 3 is 1.81 bits per heavy atom. The highest BCUT2D eigenvalue weighted by molar-refractivity contribution is 7.80. The molecule has 0 aliphatic heterocycles. The van der Waals surface area contributed by atoms with E-state index in [2.05, 4.69) is 16.0 Å². The van der Waals surface area contributed by atoms with Crippen LogP contribution in [0.15, 0.2) is 120 Å². The number of benzene rings is 4. The van der Waals surface area contributed by atoms with Crippen LogP contribution in [0.4, 0.5) is 11.4 Å². The van der Waals surface area contributed by atoms with E-state index in [1.165, 1.54) is 0 Å². The standard InChI is InChI=1S/C30H23N3O3S/c34-28(26-19-22-13-7-8-14-25(22)36-26)31-23-15-17-24(18-16-23)32-30(37)33-29(35)27(20-9-3-1-4-10-20)21-11-5-2-6-12-21/h1-19,27H,(H,31,34)(H2,32,33,35,37). The summed E-state index contributed by atoms with van der Waals surface area (Å²) >= 11 is 5.40. The number of hydrogen-bond acceptors (Lipinski definition) is 4. The Labute approximate surface area is 219 Å². The molecule has 5 aromatic rings. The smallest absolute Gasteiger partial charge is 0.291 e. The Balaban J connectivity index is 1.22. The highest BCUT2D eigenvalue weighted by Crippen LogP contribution is 2.25. The van der Waals surface area contributed by atoms with Crippen molar-refractivity contribution in [2.75, 3.05) is 10.6 Å². The summed E-state index contributed by atoms with van der Waals surface area (Å²) in [6.07, 6.45) is 0. The van der Waals surface area contributed by atoms with E-state index in [-0.39, 0.29) is 22.7 Å². The van der Waals surface area contributed by atoms with Gasteiger partial charge in [0.25, 0.3) is 5.91 Å². The van der Waals surface area contributed by atoms with Crippen molar-refractivity contribution in [3.8, 4) is 0 Å². The van der Waals surface area contributed by atoms with Gasteiger partial charge in [-0.1, -0.05) is 78.9 Å². The molecule has 0 fully saturated rings. The van der Waals surface area contributed by atoms with Crippen LogP contribution < -0.4 is 16.0 Å². The van der Waals surface area contributed by atoms with E-state index >= 15 is 0 Å². The van der Waals surface area contributed by atoms with Gasteiger partial charge in [-0.2, -0.15) is 0 Å². The second kappa shape index (κ2) is 10.9. The molecule has 0 saturated heterocycles. The minimum absolute atomic E-state index is 0.181. The zero-order valence-electron chi connectivity index (χ0n) is 19.7. The molecule has 2 amide bonds. The maximum absolute atomic E-state index is 13.2. The fourth-order valence-corrected chi connectivity index (χ4v) is 4.27. The molecule has 1 heterocycles. The van der Waals surface area contributed by atoms with Crippen molar-refractivity contribution < 1.29 is 14.0 Å². The molecule has 0 unspecified atom stereocenters. The van der Waals surface area contributed by atoms with Gasteiger partial charge in [-0.3, -0.25) is 9.59 Å². The number of fused-ring (bicyclic) bond motifs is 1. The summed E-state index contributed by atoms with van der Waals surface area (Å²) in [5.41, 5.74) is 3.67. The first-order valence-electron chi connectivity index (χ1n) is 11.7. The number of thiocarbonyl (C=S) groups is 1. The predicted octanol–water partition coefficient (Wildman–Crippen LogP) is 6.33. The summed E-state index contributed by atoms with van der Waals surface area (Å²) in [5, 5.41) is 9.70. The number of carbonyl (C=O) groups excluding carboxylic acids is 2. The first-order chi connectivity index (χ1) is 18.1. The molecule has 37 heavy (non-hydrogen) atoms. The van der Waals surface area contributed by atoms with Gasteiger partial charge >= 0.3 is 0 Å². The zero-order valence-corrected chi connectivity index (χ0v) is 20.5. The van der Waals surface area contributed by atoms with Crippen LogP contribution in [0.3, 0.4) is 0 Å². The number of carbonyl (C=O) groups is 2. The van der Waals surface area contributed by atoms with Crippen molar-refractivity contribution in [1.82, 2.24) is 5.32 Å². The van der Waals surface area contributed by atoms with E-state index < -0.39 is 5.92 Å². The summed E-state index contributed by atoms with van der Waals surface area (Å²) in [6, 6.07) is 35.3. The normalized spacial score (nSPS) is 10.7. The molecule has 0 spiro atoms. The lowest BCUT2D eigenvalue weighted by Gasteiger charge is -2.18. The molecule has 0 aliphatic carbocycles. The number of hydrogen-bond donors (Lipinski definition) is 3. The third-order valence-electron chi connectivity index (χ3n) is 5.81. The zero-order chi connectivity index (χ0) is 25.6. The Bertz CT molecular complexity index is 1480. The SMILES string of the molecule is O=C(Nc1ccc(NC(=S)NC(=O)C(c2ccccc2)c2ccccc2)cc1)c1cc2ccccc2o1. The molecule has 0 atom stereocenters. The van der Waals surface area contributed by atoms with Crippen LogP contribution in [0.1, 0.15) is 27.6 Å². The summed E-state index contributed by atoms with van der Waals surface area (Å²) in [4.78, 5) is 25.8. The summed E-state index contributed by atoms with van der Waals surface area (Å²) < 4.78 is 5.62. The number of rotatable bonds is 6. The molecular formula is C30H23N3O3S. The molecule has 182 valence electrons. The Morgan fingerprint density at radius 2 is 1.22 bits per heavy atom. The first kappa shape index (κ1) is 24.0. The molecule has 7 heteroatoms. The lowest BCUT2D eigenvalue weighted by Crippen LogP contribution is -2.37. The molecule has 0 aliphatic rings. The molecule has 1 aromatic heterocycles. The fraction of sp³-hybridized carbons (Fsp3) is 0.0333. The fourth-order valence-electron chi connectivity index (χ4n) is 4.06. The molecule has 0 bridgehead atoms. The maximum atomic E-state index is 13.2. The van der Waals surface area contributed by atoms with Gasteiger partial charge in [-0.25, -0.2) is 0 Å². The van der Waals surface area contributed by atoms with Crippen molar-refractivity contribution in [2.45, 2.75) is 5.92 Å². The maximum Gasteiger partial charge on any atom is 0.291 e. The van der Waals surface area contributed by atoms with E-state index in [1.54, 1.807) is 30.3 Å². The summed E-state index contributed by atoms with van der Waals surface area (Å²) in [7, 11) is 0. The minimum Gasteiger partial charge on any atom is -0.451 e. The molecule has 4 aromatic carbocycles. The van der Waals surface area contributed by atoms with Gasteiger partial charge < -0.3 is 20.4 Å². The number of furan rings is 1. The molecule has 0 radical (unpaired) electrons. The van der Waals surface area contributed by atoms with E-state index in [1.807, 2.05) is 84.9 Å². The Kier molecular flexibility index (Phi) is 7.05. The van der Waals surface area contributed by atoms with Crippen LogP contribution in [0.25, 0.3) is 11.0 Å². The number of para-hydroxylation sites is 1. The largest absolute Gasteiger partial charge is 0.451 e. The second-order valence-corrected chi connectivity index (χ2v) is 8.79. The topological polar surface area (TPSA) is 83.4 Å². The Hall–Kier alpha value is -4.75. The third kappa shape index (κ3) is 5.74. The highest BCUT2D eigenvalue weighted by atomic mass is 32.1. The average molecular weight is 506 g/mol. The van der Waals surface area contributed by atoms with Gasteiger partial charge in [-0.15, -0.1) is 0 Å². The first-order valence-corrected chi connectivity index (χ1v) is 12.1. The van der Waals surface area contributed by atoms with E-state index in [0.29, 0.717) is 17.0 Å². The van der Waals surface area contributed by atoms with Crippen LogP contribution in [-0.4, -0.2) is 16.9 Å². The van der Waals surface area contributed by atoms with Crippen LogP contribution >= 0.6 is 12.2 Å². The monoisotopic (exact) mass is 505 g/mol. The van der Waals surface area contributed by atoms with Crippen molar-refractivity contribution in [3.63, 3.8) is 0 Å². The molecule has 3 N–H and O–H groups in total. The van der Waals surface area contributed by atoms with Gasteiger partial charge in [0.2, 0.25) is 5.91 Å². The van der Waals surface area contributed by atoms with E-state index in [4.69, 9.17) is 16.6 Å². The molecule has 6 nitrogen and oxygen atoms in total. The van der Waals surface area contributed by atoms with Crippen molar-refractivity contribution in [1.29, 1.82) is 0 Å². The third-order valence-corrected chi connectivity index (χ3v) is 6.02. The summed E-state index contributed by atoms with van der Waals surface area (Å²) in [6.45, 7) is 0. The average Bonchev–Trinajstić information content (AvgIpc) is 3.36. The van der Waals surface area contributed by atoms with Crippen molar-refractivity contribution in [2.24, 2.45) is 0 Å². The minimum atomic E-state index is -0.502. The van der Waals surface area contributed by atoms with E-state index in [9.17, 15) is 9.59 Å². The van der Waals surface area contributed by atoms with Gasteiger partial charge in [0.15, 0.2) is 10.9 Å². The van der Waals surface area contributed by atoms with Gasteiger partial charge in [0, 0.05) is 16.8 Å². The number of nitrogens with one attached hydrogen (secondary N) is 3. The lowest BCUT2D eigenvalue weighted by molar-refractivity contribution is -0.120. The highest BCUT2D eigenvalue weighted by Gasteiger charge is 2.23. The van der Waals surface area contributed by atoms with Gasteiger partial charge in [0.05, 0.1) is 5.92 Å². The van der Waals surface area contributed by atoms with Crippen LogP contribution in [0, 0.1) is 0 Å². The molecule has 5 rings (SSSR count). The van der Waals surface area contributed by atoms with Crippen LogP contribution in [0.2, 0.25) is 0 Å². The van der Waals surface area contributed by atoms with E-state index in [0.717, 1.165) is 16.5 Å². The molecule has 0 saturated carbocycles. The quantitative estimate of drug-likeness (QED) is 0.235. The lowest BCUT2D eigenvalue weighted by atomic mass is 9.90. The number of amides is 2. The summed E-state index contributed by atoms with van der Waals surface area (Å²) in [5.74, 6) is -0.839. The van der Waals surface area contributed by atoms with Gasteiger partial charge in [-0.05, 0) is 59.7 Å². The van der Waals surface area contributed by atoms with Crippen molar-refractivity contribution in [3.05, 3.63) is 132 Å².